The highest BCUT2D eigenvalue weighted by Crippen LogP contribution is 2.10. The van der Waals surface area contributed by atoms with Gasteiger partial charge in [-0.05, 0) is 12.0 Å². The topological polar surface area (TPSA) is 94.2 Å². The third-order valence-electron chi connectivity index (χ3n) is 3.51. The second-order valence-corrected chi connectivity index (χ2v) is 6.98. The molecule has 1 aromatic carbocycles. The van der Waals surface area contributed by atoms with Crippen LogP contribution in [0, 0.1) is 0 Å². The lowest BCUT2D eigenvalue weighted by molar-refractivity contribution is 0.00560. The Hall–Kier alpha value is -1.68. The second kappa shape index (κ2) is 8.97. The molecule has 9 heteroatoms. The van der Waals surface area contributed by atoms with Crippen molar-refractivity contribution in [2.75, 3.05) is 33.4 Å². The normalized spacial score (nSPS) is 19.5. The molecule has 0 spiro atoms. The van der Waals surface area contributed by atoms with Gasteiger partial charge in [0.05, 0.1) is 19.3 Å². The van der Waals surface area contributed by atoms with Crippen molar-refractivity contribution >= 4 is 16.3 Å². The average Bonchev–Trinajstić information content (AvgIpc) is 2.80. The van der Waals surface area contributed by atoms with Gasteiger partial charge in [-0.3, -0.25) is 0 Å². The van der Waals surface area contributed by atoms with Crippen LogP contribution in [0.15, 0.2) is 30.3 Å². The number of methoxy groups -OCH3 is 1. The molecule has 1 N–H and O–H groups in total. The van der Waals surface area contributed by atoms with Crippen molar-refractivity contribution in [1.82, 2.24) is 9.03 Å². The third-order valence-corrected chi connectivity index (χ3v) is 4.98. The Balaban J connectivity index is 1.84. The number of nitrogens with one attached hydrogen (secondary N) is 1. The number of carbonyl (C=O) groups excluding carboxylic acids is 1. The summed E-state index contributed by atoms with van der Waals surface area (Å²) < 4.78 is 43.1. The number of benzene rings is 1. The van der Waals surface area contributed by atoms with Crippen LogP contribution in [-0.2, 0) is 31.0 Å². The Labute approximate surface area is 141 Å². The molecule has 0 aromatic heterocycles. The Kier molecular flexibility index (Phi) is 6.98. The van der Waals surface area contributed by atoms with E-state index in [2.05, 4.69) is 0 Å². The van der Waals surface area contributed by atoms with Crippen molar-refractivity contribution in [2.45, 2.75) is 19.1 Å². The quantitative estimate of drug-likeness (QED) is 0.812. The average molecular weight is 358 g/mol. The summed E-state index contributed by atoms with van der Waals surface area (Å²) in [6.07, 6.45) is -0.661. The molecule has 1 atom stereocenters. The highest BCUT2D eigenvalue weighted by atomic mass is 32.2. The van der Waals surface area contributed by atoms with E-state index in [1.807, 2.05) is 10.8 Å². The summed E-state index contributed by atoms with van der Waals surface area (Å²) in [7, 11) is -2.40. The maximum atomic E-state index is 12.3. The van der Waals surface area contributed by atoms with Gasteiger partial charge >= 0.3 is 16.3 Å². The Morgan fingerprint density at radius 1 is 1.33 bits per heavy atom. The third kappa shape index (κ3) is 5.75. The largest absolute Gasteiger partial charge is 0.444 e. The first-order chi connectivity index (χ1) is 11.5. The maximum Gasteiger partial charge on any atom is 0.422 e. The fourth-order valence-electron chi connectivity index (χ4n) is 2.28. The molecule has 1 aromatic rings. The minimum Gasteiger partial charge on any atom is -0.444 e. The van der Waals surface area contributed by atoms with E-state index >= 15 is 0 Å². The van der Waals surface area contributed by atoms with Crippen LogP contribution < -0.4 is 4.72 Å². The molecule has 0 unspecified atom stereocenters. The number of ether oxygens (including phenoxy) is 3. The fraction of sp³-hybridized carbons (Fsp3) is 0.533. The maximum absolute atomic E-state index is 12.3. The molecule has 1 aliphatic heterocycles. The van der Waals surface area contributed by atoms with Crippen molar-refractivity contribution in [1.29, 1.82) is 0 Å². The molecular formula is C15H22N2O6S. The van der Waals surface area contributed by atoms with Crippen LogP contribution in [0.5, 0.6) is 0 Å². The molecule has 1 aliphatic rings. The Morgan fingerprint density at radius 2 is 2.08 bits per heavy atom. The molecule has 1 saturated heterocycles. The first-order valence-electron chi connectivity index (χ1n) is 7.60. The van der Waals surface area contributed by atoms with Gasteiger partial charge in [-0.25, -0.2) is 9.52 Å². The van der Waals surface area contributed by atoms with Gasteiger partial charge in [-0.15, -0.1) is 0 Å². The van der Waals surface area contributed by atoms with Gasteiger partial charge in [-0.2, -0.15) is 12.7 Å². The number of nitrogens with zero attached hydrogens (tertiary/aromatic N) is 1. The van der Waals surface area contributed by atoms with E-state index in [0.29, 0.717) is 13.0 Å². The fourth-order valence-corrected chi connectivity index (χ4v) is 3.34. The number of hydrogen-bond donors (Lipinski definition) is 1. The molecule has 1 fully saturated rings. The molecule has 1 amide bonds. The molecule has 24 heavy (non-hydrogen) atoms. The minimum absolute atomic E-state index is 0.00121. The lowest BCUT2D eigenvalue weighted by Crippen LogP contribution is -2.44. The first-order valence-corrected chi connectivity index (χ1v) is 9.04. The zero-order valence-corrected chi connectivity index (χ0v) is 14.3. The van der Waals surface area contributed by atoms with Gasteiger partial charge in [0, 0.05) is 20.2 Å². The van der Waals surface area contributed by atoms with Gasteiger partial charge < -0.3 is 14.2 Å². The predicted molar refractivity (Wildman–Crippen MR) is 86.5 cm³/mol. The monoisotopic (exact) mass is 358 g/mol. The summed E-state index contributed by atoms with van der Waals surface area (Å²) >= 11 is 0. The zero-order valence-electron chi connectivity index (χ0n) is 13.5. The highest BCUT2D eigenvalue weighted by Gasteiger charge is 2.28. The van der Waals surface area contributed by atoms with E-state index in [9.17, 15) is 13.2 Å². The summed E-state index contributed by atoms with van der Waals surface area (Å²) in [5.74, 6) is 0. The smallest absolute Gasteiger partial charge is 0.422 e. The van der Waals surface area contributed by atoms with E-state index in [0.717, 1.165) is 5.56 Å². The first kappa shape index (κ1) is 18.7. The van der Waals surface area contributed by atoms with Crippen LogP contribution in [0.25, 0.3) is 0 Å². The van der Waals surface area contributed by atoms with E-state index in [4.69, 9.17) is 14.2 Å². The van der Waals surface area contributed by atoms with Crippen LogP contribution in [0.4, 0.5) is 4.79 Å². The number of rotatable bonds is 6. The molecule has 0 radical (unpaired) electrons. The van der Waals surface area contributed by atoms with Crippen LogP contribution in [-0.4, -0.2) is 58.3 Å². The number of amides is 1. The molecule has 1 heterocycles. The zero-order chi connectivity index (χ0) is 17.4. The molecule has 0 bridgehead atoms. The van der Waals surface area contributed by atoms with Crippen LogP contribution in [0.1, 0.15) is 12.0 Å². The standard InChI is InChI=1S/C15H22N2O6S/c1-21-12-14-7-8-17(9-10-22-14)24(19,20)16-15(18)23-11-13-5-3-2-4-6-13/h2-6,14H,7-12H2,1H3,(H,16,18)/t14-/m1/s1. The number of carbonyl (C=O) groups is 1. The van der Waals surface area contributed by atoms with Gasteiger partial charge in [0.2, 0.25) is 0 Å². The summed E-state index contributed by atoms with van der Waals surface area (Å²) in [5.41, 5.74) is 0.774. The summed E-state index contributed by atoms with van der Waals surface area (Å²) in [4.78, 5) is 11.7. The number of hydrogen-bond acceptors (Lipinski definition) is 6. The van der Waals surface area contributed by atoms with Crippen LogP contribution in [0.3, 0.4) is 0 Å². The van der Waals surface area contributed by atoms with Gasteiger partial charge in [0.15, 0.2) is 0 Å². The molecule has 2 rings (SSSR count). The molecule has 134 valence electrons. The van der Waals surface area contributed by atoms with Crippen molar-refractivity contribution in [3.8, 4) is 0 Å². The van der Waals surface area contributed by atoms with E-state index in [-0.39, 0.29) is 32.4 Å². The van der Waals surface area contributed by atoms with E-state index in [1.165, 1.54) is 4.31 Å². The van der Waals surface area contributed by atoms with Gasteiger partial charge in [0.1, 0.15) is 6.61 Å². The van der Waals surface area contributed by atoms with Crippen molar-refractivity contribution in [2.24, 2.45) is 0 Å². The second-order valence-electron chi connectivity index (χ2n) is 5.30. The van der Waals surface area contributed by atoms with Gasteiger partial charge in [-0.1, -0.05) is 30.3 Å². The van der Waals surface area contributed by atoms with Crippen molar-refractivity contribution in [3.63, 3.8) is 0 Å². The highest BCUT2D eigenvalue weighted by molar-refractivity contribution is 7.87. The lowest BCUT2D eigenvalue weighted by atomic mass is 10.2. The van der Waals surface area contributed by atoms with Crippen LogP contribution in [0.2, 0.25) is 0 Å². The summed E-state index contributed by atoms with van der Waals surface area (Å²) in [6.45, 7) is 1.06. The Morgan fingerprint density at radius 3 is 2.79 bits per heavy atom. The predicted octanol–water partition coefficient (Wildman–Crippen LogP) is 0.895. The summed E-state index contributed by atoms with van der Waals surface area (Å²) in [5, 5.41) is 0. The minimum atomic E-state index is -3.96. The molecule has 0 aliphatic carbocycles. The van der Waals surface area contributed by atoms with Crippen molar-refractivity contribution in [3.05, 3.63) is 35.9 Å². The molecule has 0 saturated carbocycles. The van der Waals surface area contributed by atoms with E-state index < -0.39 is 16.3 Å². The molecule has 8 nitrogen and oxygen atoms in total. The van der Waals surface area contributed by atoms with E-state index in [1.54, 1.807) is 31.4 Å². The van der Waals surface area contributed by atoms with Crippen LogP contribution >= 0.6 is 0 Å². The molecular weight excluding hydrogens is 336 g/mol. The Bertz CT molecular complexity index is 622. The lowest BCUT2D eigenvalue weighted by Gasteiger charge is -2.19. The SMILES string of the molecule is COC[C@H]1CCN(S(=O)(=O)NC(=O)OCc2ccccc2)CCO1. The summed E-state index contributed by atoms with van der Waals surface area (Å²) in [6, 6.07) is 9.02. The van der Waals surface area contributed by atoms with Crippen molar-refractivity contribution < 1.29 is 27.4 Å². The van der Waals surface area contributed by atoms with Gasteiger partial charge in [0.25, 0.3) is 0 Å².